The van der Waals surface area contributed by atoms with Crippen molar-refractivity contribution in [1.29, 1.82) is 0 Å². The van der Waals surface area contributed by atoms with Gasteiger partial charge < -0.3 is 4.74 Å². The molecule has 2 aromatic rings. The van der Waals surface area contributed by atoms with Crippen molar-refractivity contribution in [2.24, 2.45) is 0 Å². The molecule has 0 unspecified atom stereocenters. The second kappa shape index (κ2) is 4.91. The Hall–Kier alpha value is -0.970. The molecule has 16 heavy (non-hydrogen) atoms. The number of methoxy groups -OCH3 is 1. The van der Waals surface area contributed by atoms with Crippen LogP contribution in [0.4, 0.5) is 4.39 Å². The molecule has 2 rings (SSSR count). The van der Waals surface area contributed by atoms with Gasteiger partial charge in [0, 0.05) is 23.1 Å². The summed E-state index contributed by atoms with van der Waals surface area (Å²) in [6.45, 7) is 0.429. The Morgan fingerprint density at radius 1 is 1.50 bits per heavy atom. The molecule has 2 nitrogen and oxygen atoms in total. The fourth-order valence-electron chi connectivity index (χ4n) is 1.31. The number of nitrogens with zero attached hydrogens (tertiary/aromatic N) is 1. The Bertz CT molecular complexity index is 500. The summed E-state index contributed by atoms with van der Waals surface area (Å²) >= 11 is 7.20. The maximum atomic E-state index is 13.5. The molecule has 0 atom stereocenters. The standard InChI is InChI=1S/C11H9ClFNOS/c1-15-5-8-6-16-11(14-8)9-4-7(12)2-3-10(9)13/h2-4,6H,5H2,1H3. The summed E-state index contributed by atoms with van der Waals surface area (Å²) < 4.78 is 18.5. The monoisotopic (exact) mass is 257 g/mol. The number of hydrogen-bond acceptors (Lipinski definition) is 3. The van der Waals surface area contributed by atoms with Crippen molar-refractivity contribution in [3.8, 4) is 10.6 Å². The largest absolute Gasteiger partial charge is 0.378 e. The van der Waals surface area contributed by atoms with Crippen molar-refractivity contribution in [3.05, 3.63) is 40.1 Å². The van der Waals surface area contributed by atoms with Gasteiger partial charge in [-0.2, -0.15) is 0 Å². The SMILES string of the molecule is COCc1csc(-c2cc(Cl)ccc2F)n1. The summed E-state index contributed by atoms with van der Waals surface area (Å²) in [4.78, 5) is 4.27. The van der Waals surface area contributed by atoms with Crippen molar-refractivity contribution < 1.29 is 9.13 Å². The van der Waals surface area contributed by atoms with Gasteiger partial charge in [-0.3, -0.25) is 0 Å². The van der Waals surface area contributed by atoms with Crippen LogP contribution >= 0.6 is 22.9 Å². The molecule has 0 saturated heterocycles. The van der Waals surface area contributed by atoms with E-state index in [9.17, 15) is 4.39 Å². The van der Waals surface area contributed by atoms with Gasteiger partial charge in [0.25, 0.3) is 0 Å². The van der Waals surface area contributed by atoms with Crippen molar-refractivity contribution in [3.63, 3.8) is 0 Å². The molecule has 84 valence electrons. The number of aromatic nitrogens is 1. The Morgan fingerprint density at radius 3 is 3.06 bits per heavy atom. The van der Waals surface area contributed by atoms with Crippen LogP contribution < -0.4 is 0 Å². The highest BCUT2D eigenvalue weighted by molar-refractivity contribution is 7.13. The van der Waals surface area contributed by atoms with Crippen molar-refractivity contribution in [1.82, 2.24) is 4.98 Å². The number of hydrogen-bond donors (Lipinski definition) is 0. The zero-order valence-electron chi connectivity index (χ0n) is 8.54. The zero-order chi connectivity index (χ0) is 11.5. The molecule has 0 radical (unpaired) electrons. The third-order valence-electron chi connectivity index (χ3n) is 2.00. The fraction of sp³-hybridized carbons (Fsp3) is 0.182. The molecule has 0 amide bonds. The average molecular weight is 258 g/mol. The van der Waals surface area contributed by atoms with Crippen LogP contribution in [0.5, 0.6) is 0 Å². The molecule has 1 aromatic heterocycles. The minimum atomic E-state index is -0.317. The second-order valence-electron chi connectivity index (χ2n) is 3.20. The number of halogens is 2. The van der Waals surface area contributed by atoms with Gasteiger partial charge in [-0.05, 0) is 18.2 Å². The molecular weight excluding hydrogens is 249 g/mol. The van der Waals surface area contributed by atoms with E-state index in [1.807, 2.05) is 5.38 Å². The quantitative estimate of drug-likeness (QED) is 0.836. The van der Waals surface area contributed by atoms with Crippen LogP contribution in [0.2, 0.25) is 5.02 Å². The summed E-state index contributed by atoms with van der Waals surface area (Å²) in [6.07, 6.45) is 0. The number of rotatable bonds is 3. The summed E-state index contributed by atoms with van der Waals surface area (Å²) in [5.74, 6) is -0.317. The van der Waals surface area contributed by atoms with Gasteiger partial charge in [0.05, 0.1) is 12.3 Å². The Morgan fingerprint density at radius 2 is 2.31 bits per heavy atom. The van der Waals surface area contributed by atoms with E-state index in [2.05, 4.69) is 4.98 Å². The molecule has 0 spiro atoms. The van der Waals surface area contributed by atoms with Gasteiger partial charge in [-0.1, -0.05) is 11.6 Å². The predicted octanol–water partition coefficient (Wildman–Crippen LogP) is 3.75. The third-order valence-corrected chi connectivity index (χ3v) is 3.16. The highest BCUT2D eigenvalue weighted by atomic mass is 35.5. The van der Waals surface area contributed by atoms with Gasteiger partial charge >= 0.3 is 0 Å². The third kappa shape index (κ3) is 2.40. The number of ether oxygens (including phenoxy) is 1. The van der Waals surface area contributed by atoms with Crippen LogP contribution in [0.1, 0.15) is 5.69 Å². The van der Waals surface area contributed by atoms with E-state index >= 15 is 0 Å². The molecule has 1 heterocycles. The van der Waals surface area contributed by atoms with Crippen LogP contribution in [0.15, 0.2) is 23.6 Å². The molecule has 0 aliphatic carbocycles. The Kier molecular flexibility index (Phi) is 3.53. The van der Waals surface area contributed by atoms with E-state index in [1.54, 1.807) is 13.2 Å². The molecular formula is C11H9ClFNOS. The predicted molar refractivity (Wildman–Crippen MR) is 63.2 cm³/mol. The van der Waals surface area contributed by atoms with E-state index in [0.717, 1.165) is 5.69 Å². The van der Waals surface area contributed by atoms with Crippen molar-refractivity contribution >= 4 is 22.9 Å². The molecule has 0 aliphatic heterocycles. The molecule has 0 aliphatic rings. The summed E-state index contributed by atoms with van der Waals surface area (Å²) in [5, 5.41) is 2.96. The topological polar surface area (TPSA) is 22.1 Å². The second-order valence-corrected chi connectivity index (χ2v) is 4.50. The summed E-state index contributed by atoms with van der Waals surface area (Å²) in [7, 11) is 1.60. The average Bonchev–Trinajstić information content (AvgIpc) is 2.71. The lowest BCUT2D eigenvalue weighted by Gasteiger charge is -1.99. The maximum absolute atomic E-state index is 13.5. The fourth-order valence-corrected chi connectivity index (χ4v) is 2.30. The summed E-state index contributed by atoms with van der Waals surface area (Å²) in [5.41, 5.74) is 1.22. The molecule has 1 aromatic carbocycles. The minimum absolute atomic E-state index is 0.317. The van der Waals surface area contributed by atoms with Crippen LogP contribution in [0, 0.1) is 5.82 Å². The molecule has 0 bridgehead atoms. The lowest BCUT2D eigenvalue weighted by Crippen LogP contribution is -1.88. The van der Waals surface area contributed by atoms with E-state index in [4.69, 9.17) is 16.3 Å². The van der Waals surface area contributed by atoms with Gasteiger partial charge in [0.15, 0.2) is 0 Å². The Labute approximate surface area is 102 Å². The van der Waals surface area contributed by atoms with Crippen LogP contribution in [-0.2, 0) is 11.3 Å². The number of thiazole rings is 1. The summed E-state index contributed by atoms with van der Waals surface area (Å²) in [6, 6.07) is 4.44. The lowest BCUT2D eigenvalue weighted by molar-refractivity contribution is 0.182. The van der Waals surface area contributed by atoms with Crippen molar-refractivity contribution in [2.45, 2.75) is 6.61 Å². The van der Waals surface area contributed by atoms with Crippen LogP contribution in [0.25, 0.3) is 10.6 Å². The van der Waals surface area contributed by atoms with E-state index in [0.29, 0.717) is 22.2 Å². The molecule has 5 heteroatoms. The minimum Gasteiger partial charge on any atom is -0.378 e. The first-order valence-corrected chi connectivity index (χ1v) is 5.85. The van der Waals surface area contributed by atoms with E-state index < -0.39 is 0 Å². The highest BCUT2D eigenvalue weighted by Crippen LogP contribution is 2.28. The smallest absolute Gasteiger partial charge is 0.133 e. The van der Waals surface area contributed by atoms with Gasteiger partial charge in [-0.15, -0.1) is 11.3 Å². The first-order chi connectivity index (χ1) is 7.70. The normalized spacial score (nSPS) is 10.7. The molecule has 0 saturated carbocycles. The lowest BCUT2D eigenvalue weighted by atomic mass is 10.2. The zero-order valence-corrected chi connectivity index (χ0v) is 10.1. The first kappa shape index (κ1) is 11.5. The van der Waals surface area contributed by atoms with Crippen LogP contribution in [-0.4, -0.2) is 12.1 Å². The van der Waals surface area contributed by atoms with Crippen molar-refractivity contribution in [2.75, 3.05) is 7.11 Å². The molecule has 0 N–H and O–H groups in total. The van der Waals surface area contributed by atoms with E-state index in [1.165, 1.54) is 23.5 Å². The number of benzene rings is 1. The maximum Gasteiger partial charge on any atom is 0.133 e. The van der Waals surface area contributed by atoms with Crippen LogP contribution in [0.3, 0.4) is 0 Å². The Balaban J connectivity index is 2.38. The first-order valence-electron chi connectivity index (χ1n) is 4.59. The van der Waals surface area contributed by atoms with Gasteiger partial charge in [-0.25, -0.2) is 9.37 Å². The van der Waals surface area contributed by atoms with Gasteiger partial charge in [0.2, 0.25) is 0 Å². The highest BCUT2D eigenvalue weighted by Gasteiger charge is 2.10. The van der Waals surface area contributed by atoms with E-state index in [-0.39, 0.29) is 5.82 Å². The molecule has 0 fully saturated rings. The van der Waals surface area contributed by atoms with Gasteiger partial charge in [0.1, 0.15) is 10.8 Å².